The molecule has 0 aromatic heterocycles. The third-order valence-electron chi connectivity index (χ3n) is 0. The maximum Gasteiger partial charge on any atom is 1.00 e. The number of hydrogen-bond donors (Lipinski definition) is 0. The van der Waals surface area contributed by atoms with Crippen LogP contribution >= 0.6 is 0 Å². The van der Waals surface area contributed by atoms with Crippen molar-refractivity contribution < 1.29 is 102 Å². The third kappa shape index (κ3) is 21.3. The molecule has 3 nitrogen and oxygen atoms in total. The molecule has 5 N–H and O–H groups in total. The molecule has 0 amide bonds. The van der Waals surface area contributed by atoms with Gasteiger partial charge in [-0.05, 0) is 0 Å². The monoisotopic (exact) mass is 245 g/mol. The van der Waals surface area contributed by atoms with E-state index in [1.165, 1.54) is 0 Å². The molecule has 0 bridgehead atoms. The van der Waals surface area contributed by atoms with Gasteiger partial charge in [0.25, 0.3) is 0 Å². The molecule has 33 valence electrons. The summed E-state index contributed by atoms with van der Waals surface area (Å²) in [6.45, 7) is 0. The summed E-state index contributed by atoms with van der Waals surface area (Å²) in [4.78, 5) is 0. The summed E-state index contributed by atoms with van der Waals surface area (Å²) < 4.78 is 0. The van der Waals surface area contributed by atoms with E-state index in [0.717, 1.165) is 0 Å². The van der Waals surface area contributed by atoms with Gasteiger partial charge in [-0.25, -0.2) is 0 Å². The van der Waals surface area contributed by atoms with Gasteiger partial charge < -0.3 is 16.4 Å². The molecule has 1 radical (unpaired) electrons. The van der Waals surface area contributed by atoms with Gasteiger partial charge in [-0.2, -0.15) is 0 Å². The van der Waals surface area contributed by atoms with Gasteiger partial charge in [0.1, 0.15) is 0 Å². The van der Waals surface area contributed by atoms with E-state index in [4.69, 9.17) is 0 Å². The van der Waals surface area contributed by atoms with Crippen LogP contribution in [0.1, 0.15) is 0 Å². The van der Waals surface area contributed by atoms with E-state index < -0.39 is 0 Å². The summed E-state index contributed by atoms with van der Waals surface area (Å²) in [6, 6.07) is 0. The van der Waals surface area contributed by atoms with E-state index in [0.29, 0.717) is 0 Å². The minimum absolute atomic E-state index is 0. The van der Waals surface area contributed by atoms with E-state index in [1.807, 2.05) is 0 Å². The standard InChI is InChI=1S/Co.Cs.3H2O/h;;3*1H2/q;+1;;;/p-1. The second-order valence-corrected chi connectivity index (χ2v) is 0. The molecule has 0 saturated heterocycles. The van der Waals surface area contributed by atoms with Crippen molar-refractivity contribution in [3.8, 4) is 0 Å². The normalized spacial score (nSPS) is 0. The first kappa shape index (κ1) is 51.9. The van der Waals surface area contributed by atoms with Crippen LogP contribution in [0.15, 0.2) is 0 Å². The van der Waals surface area contributed by atoms with Gasteiger partial charge in [-0.3, -0.25) is 0 Å². The van der Waals surface area contributed by atoms with Crippen molar-refractivity contribution in [2.45, 2.75) is 0 Å². The Morgan fingerprint density at radius 2 is 0.800 bits per heavy atom. The van der Waals surface area contributed by atoms with Gasteiger partial charge in [-0.15, -0.1) is 0 Å². The minimum Gasteiger partial charge on any atom is -0.870 e. The van der Waals surface area contributed by atoms with E-state index >= 15 is 0 Å². The SMILES string of the molecule is O.O.[Co].[Cs+].[OH-]. The molecule has 0 aliphatic rings. The fourth-order valence-corrected chi connectivity index (χ4v) is 0. The molecular weight excluding hydrogens is 240 g/mol. The Hall–Kier alpha value is 2.44. The Labute approximate surface area is 99.4 Å². The van der Waals surface area contributed by atoms with Gasteiger partial charge in [0.2, 0.25) is 0 Å². The molecule has 0 atom stereocenters. The Bertz CT molecular complexity index is 6.85. The molecular formula is H5CoCsO3. The predicted octanol–water partition coefficient (Wildman–Crippen LogP) is -4.82. The van der Waals surface area contributed by atoms with E-state index in [1.54, 1.807) is 0 Å². The summed E-state index contributed by atoms with van der Waals surface area (Å²) in [5.74, 6) is 0. The van der Waals surface area contributed by atoms with Gasteiger partial charge in [-0.1, -0.05) is 0 Å². The van der Waals surface area contributed by atoms with Gasteiger partial charge >= 0.3 is 68.9 Å². The van der Waals surface area contributed by atoms with Crippen molar-refractivity contribution in [2.75, 3.05) is 0 Å². The molecule has 0 aliphatic heterocycles. The summed E-state index contributed by atoms with van der Waals surface area (Å²) >= 11 is 0. The Balaban J connectivity index is 0. The first-order valence-electron chi connectivity index (χ1n) is 0. The van der Waals surface area contributed by atoms with E-state index in [2.05, 4.69) is 0 Å². The van der Waals surface area contributed by atoms with Crippen molar-refractivity contribution in [3.05, 3.63) is 0 Å². The van der Waals surface area contributed by atoms with Gasteiger partial charge in [0.05, 0.1) is 0 Å². The Kier molecular flexibility index (Phi) is 332. The van der Waals surface area contributed by atoms with E-state index in [-0.39, 0.29) is 102 Å². The van der Waals surface area contributed by atoms with Crippen LogP contribution in [-0.2, 0) is 16.8 Å². The zero-order chi connectivity index (χ0) is 0. The zero-order valence-electron chi connectivity index (χ0n) is 2.78. The summed E-state index contributed by atoms with van der Waals surface area (Å²) in [5, 5.41) is 0. The topological polar surface area (TPSA) is 93.0 Å². The molecule has 0 heterocycles. The number of hydrogen-bond acceptors (Lipinski definition) is 1. The van der Waals surface area contributed by atoms with Gasteiger partial charge in [0.15, 0.2) is 0 Å². The van der Waals surface area contributed by atoms with Crippen molar-refractivity contribution in [3.63, 3.8) is 0 Å². The summed E-state index contributed by atoms with van der Waals surface area (Å²) in [6.07, 6.45) is 0. The molecule has 0 rings (SSSR count). The van der Waals surface area contributed by atoms with Crippen LogP contribution in [-0.4, -0.2) is 16.4 Å². The average molecular weight is 245 g/mol. The molecule has 0 spiro atoms. The maximum atomic E-state index is 0. The van der Waals surface area contributed by atoms with Crippen molar-refractivity contribution in [2.24, 2.45) is 0 Å². The van der Waals surface area contributed by atoms with Crippen molar-refractivity contribution in [1.29, 1.82) is 0 Å². The second kappa shape index (κ2) is 32.0. The van der Waals surface area contributed by atoms with Gasteiger partial charge in [0, 0.05) is 16.8 Å². The van der Waals surface area contributed by atoms with Crippen molar-refractivity contribution in [1.82, 2.24) is 0 Å². The molecule has 0 aromatic rings. The molecule has 0 fully saturated rings. The second-order valence-electron chi connectivity index (χ2n) is 0. The quantitative estimate of drug-likeness (QED) is 0.420. The first-order valence-corrected chi connectivity index (χ1v) is 0. The van der Waals surface area contributed by atoms with Crippen LogP contribution in [0.25, 0.3) is 0 Å². The largest absolute Gasteiger partial charge is 1.00 e. The molecule has 0 unspecified atom stereocenters. The summed E-state index contributed by atoms with van der Waals surface area (Å²) in [7, 11) is 0. The van der Waals surface area contributed by atoms with E-state index in [9.17, 15) is 0 Å². The minimum atomic E-state index is 0. The molecule has 0 aliphatic carbocycles. The predicted molar refractivity (Wildman–Crippen MR) is 9.16 cm³/mol. The molecule has 5 heteroatoms. The molecule has 0 saturated carbocycles. The fraction of sp³-hybridized carbons (Fsp3) is 0. The fourth-order valence-electron chi connectivity index (χ4n) is 0. The molecule has 5 heavy (non-hydrogen) atoms. The Morgan fingerprint density at radius 1 is 0.800 bits per heavy atom. The maximum absolute atomic E-state index is 0. The van der Waals surface area contributed by atoms with Crippen LogP contribution in [0.5, 0.6) is 0 Å². The van der Waals surface area contributed by atoms with Crippen LogP contribution in [0, 0.1) is 0 Å². The zero-order valence-corrected chi connectivity index (χ0v) is 10.1. The van der Waals surface area contributed by atoms with Crippen LogP contribution < -0.4 is 68.9 Å². The first-order chi connectivity index (χ1) is 0. The van der Waals surface area contributed by atoms with Crippen LogP contribution in [0.2, 0.25) is 0 Å². The summed E-state index contributed by atoms with van der Waals surface area (Å²) in [5.41, 5.74) is 0. The third-order valence-corrected chi connectivity index (χ3v) is 0. The average Bonchev–Trinajstić information content (AvgIpc) is 0. The van der Waals surface area contributed by atoms with Crippen LogP contribution in [0.4, 0.5) is 0 Å². The number of rotatable bonds is 0. The molecule has 0 aromatic carbocycles. The Morgan fingerprint density at radius 3 is 0.800 bits per heavy atom. The van der Waals surface area contributed by atoms with Crippen LogP contribution in [0.3, 0.4) is 0 Å². The van der Waals surface area contributed by atoms with Crippen molar-refractivity contribution >= 4 is 0 Å². The smallest absolute Gasteiger partial charge is 0.870 e.